The Hall–Kier alpha value is -1.82. The maximum atomic E-state index is 13.3. The lowest BCUT2D eigenvalue weighted by Gasteiger charge is -2.28. The number of allylic oxidation sites excluding steroid dienone is 1. The molecule has 27 heavy (non-hydrogen) atoms. The van der Waals surface area contributed by atoms with Crippen molar-refractivity contribution in [3.63, 3.8) is 0 Å². The molecule has 4 rings (SSSR count). The van der Waals surface area contributed by atoms with Crippen LogP contribution in [0.3, 0.4) is 0 Å². The molecule has 4 nitrogen and oxygen atoms in total. The number of alkyl halides is 2. The summed E-state index contributed by atoms with van der Waals surface area (Å²) in [5.41, 5.74) is 3.31. The van der Waals surface area contributed by atoms with Crippen LogP contribution in [0.1, 0.15) is 60.3 Å². The standard InChI is InChI=1S/C20H23ClF2N2O2/c21-16-2-1-8-25-17(14-5-9-27-12-14)10-15(18(16)25)19(26)24-11-13-3-6-20(22,23)7-4-13/h2,10,12-13H,1,3-9,11H2,(H,24,26). The predicted molar refractivity (Wildman–Crippen MR) is 101 cm³/mol. The lowest BCUT2D eigenvalue weighted by Crippen LogP contribution is -2.34. The van der Waals surface area contributed by atoms with E-state index >= 15 is 0 Å². The van der Waals surface area contributed by atoms with Crippen molar-refractivity contribution in [2.45, 2.75) is 51.0 Å². The molecule has 1 saturated carbocycles. The first-order valence-electron chi connectivity index (χ1n) is 9.51. The van der Waals surface area contributed by atoms with Crippen LogP contribution in [0, 0.1) is 5.92 Å². The third-order valence-corrected chi connectivity index (χ3v) is 6.01. The molecule has 7 heteroatoms. The summed E-state index contributed by atoms with van der Waals surface area (Å²) in [6.45, 7) is 1.83. The lowest BCUT2D eigenvalue weighted by molar-refractivity contribution is -0.0452. The lowest BCUT2D eigenvalue weighted by atomic mass is 9.87. The number of nitrogens with zero attached hydrogens (tertiary/aromatic N) is 1. The van der Waals surface area contributed by atoms with Crippen molar-refractivity contribution in [1.82, 2.24) is 9.88 Å². The largest absolute Gasteiger partial charge is 0.500 e. The SMILES string of the molecule is O=C(NCC1CCC(F)(F)CC1)c1cc(C2=COCC2)n2c1C(Cl)=CCC2. The number of carbonyl (C=O) groups is 1. The van der Waals surface area contributed by atoms with Crippen molar-refractivity contribution >= 4 is 28.1 Å². The summed E-state index contributed by atoms with van der Waals surface area (Å²) in [7, 11) is 0. The van der Waals surface area contributed by atoms with Crippen molar-refractivity contribution in [2.75, 3.05) is 13.2 Å². The summed E-state index contributed by atoms with van der Waals surface area (Å²) in [5.74, 6) is -2.65. The number of hydrogen-bond donors (Lipinski definition) is 1. The first kappa shape index (κ1) is 18.5. The summed E-state index contributed by atoms with van der Waals surface area (Å²) in [4.78, 5) is 12.9. The van der Waals surface area contributed by atoms with Gasteiger partial charge in [-0.05, 0) is 31.2 Å². The smallest absolute Gasteiger partial charge is 0.253 e. The number of hydrogen-bond acceptors (Lipinski definition) is 2. The van der Waals surface area contributed by atoms with Gasteiger partial charge in [-0.15, -0.1) is 0 Å². The van der Waals surface area contributed by atoms with Gasteiger partial charge < -0.3 is 14.6 Å². The predicted octanol–water partition coefficient (Wildman–Crippen LogP) is 4.79. The number of carbonyl (C=O) groups excluding carboxylic acids is 1. The Labute approximate surface area is 162 Å². The molecule has 3 aliphatic rings. The van der Waals surface area contributed by atoms with E-state index in [9.17, 15) is 13.6 Å². The molecule has 1 aliphatic carbocycles. The molecular formula is C20H23ClF2N2O2. The molecule has 0 unspecified atom stereocenters. The van der Waals surface area contributed by atoms with Crippen molar-refractivity contribution in [3.8, 4) is 0 Å². The fourth-order valence-corrected chi connectivity index (χ4v) is 4.42. The highest BCUT2D eigenvalue weighted by Crippen LogP contribution is 2.37. The molecule has 0 radical (unpaired) electrons. The molecule has 1 aromatic heterocycles. The van der Waals surface area contributed by atoms with E-state index in [0.29, 0.717) is 36.6 Å². The monoisotopic (exact) mass is 396 g/mol. The molecule has 1 aromatic rings. The van der Waals surface area contributed by atoms with Crippen molar-refractivity contribution in [1.29, 1.82) is 0 Å². The molecule has 1 N–H and O–H groups in total. The molecule has 1 amide bonds. The van der Waals surface area contributed by atoms with Crippen LogP contribution in [-0.4, -0.2) is 29.5 Å². The molecule has 0 bridgehead atoms. The second kappa shape index (κ2) is 7.30. The molecule has 0 atom stereocenters. The minimum absolute atomic E-state index is 0.0952. The van der Waals surface area contributed by atoms with Crippen molar-refractivity contribution in [2.24, 2.45) is 5.92 Å². The van der Waals surface area contributed by atoms with E-state index in [1.807, 2.05) is 12.1 Å². The normalized spacial score (nSPS) is 21.9. The zero-order valence-corrected chi connectivity index (χ0v) is 15.8. The van der Waals surface area contributed by atoms with Crippen LogP contribution in [0.2, 0.25) is 0 Å². The number of amides is 1. The quantitative estimate of drug-likeness (QED) is 0.795. The highest BCUT2D eigenvalue weighted by molar-refractivity contribution is 6.49. The fraction of sp³-hybridized carbons (Fsp3) is 0.550. The zero-order chi connectivity index (χ0) is 19.0. The van der Waals surface area contributed by atoms with Gasteiger partial charge in [0.2, 0.25) is 5.92 Å². The molecular weight excluding hydrogens is 374 g/mol. The van der Waals surface area contributed by atoms with E-state index in [1.54, 1.807) is 6.26 Å². The van der Waals surface area contributed by atoms with E-state index in [-0.39, 0.29) is 24.7 Å². The van der Waals surface area contributed by atoms with Crippen molar-refractivity contribution < 1.29 is 18.3 Å². The van der Waals surface area contributed by atoms with Gasteiger partial charge in [-0.3, -0.25) is 4.79 Å². The van der Waals surface area contributed by atoms with Crippen LogP contribution < -0.4 is 5.32 Å². The van der Waals surface area contributed by atoms with Gasteiger partial charge in [-0.1, -0.05) is 17.7 Å². The molecule has 0 saturated heterocycles. The number of halogens is 3. The van der Waals surface area contributed by atoms with E-state index < -0.39 is 5.92 Å². The van der Waals surface area contributed by atoms with Gasteiger partial charge in [0.25, 0.3) is 5.91 Å². The Morgan fingerprint density at radius 1 is 1.37 bits per heavy atom. The second-order valence-electron chi connectivity index (χ2n) is 7.56. The summed E-state index contributed by atoms with van der Waals surface area (Å²) in [6, 6.07) is 1.88. The Kier molecular flexibility index (Phi) is 5.01. The van der Waals surface area contributed by atoms with Gasteiger partial charge in [0.15, 0.2) is 0 Å². The zero-order valence-electron chi connectivity index (χ0n) is 15.1. The molecule has 146 valence electrons. The van der Waals surface area contributed by atoms with E-state index in [1.165, 1.54) is 0 Å². The molecule has 0 aromatic carbocycles. The average molecular weight is 397 g/mol. The van der Waals surface area contributed by atoms with Gasteiger partial charge in [0.05, 0.1) is 29.2 Å². The first-order chi connectivity index (χ1) is 12.9. The second-order valence-corrected chi connectivity index (χ2v) is 7.96. The van der Waals surface area contributed by atoms with Gasteiger partial charge in [-0.25, -0.2) is 8.78 Å². The van der Waals surface area contributed by atoms with Gasteiger partial charge in [-0.2, -0.15) is 0 Å². The molecule has 2 aliphatic heterocycles. The van der Waals surface area contributed by atoms with Gasteiger partial charge >= 0.3 is 0 Å². The van der Waals surface area contributed by atoms with Gasteiger partial charge in [0.1, 0.15) is 0 Å². The summed E-state index contributed by atoms with van der Waals surface area (Å²) < 4.78 is 34.0. The highest BCUT2D eigenvalue weighted by Gasteiger charge is 2.35. The summed E-state index contributed by atoms with van der Waals surface area (Å²) in [5, 5.41) is 3.52. The average Bonchev–Trinajstić information content (AvgIpc) is 3.28. The number of ether oxygens (including phenoxy) is 1. The molecule has 3 heterocycles. The maximum Gasteiger partial charge on any atom is 0.253 e. The number of aromatic nitrogens is 1. The van der Waals surface area contributed by atoms with Crippen LogP contribution in [0.4, 0.5) is 8.78 Å². The maximum absolute atomic E-state index is 13.3. The number of nitrogens with one attached hydrogen (secondary N) is 1. The van der Waals surface area contributed by atoms with Crippen molar-refractivity contribution in [3.05, 3.63) is 35.4 Å². The Morgan fingerprint density at radius 3 is 2.85 bits per heavy atom. The third-order valence-electron chi connectivity index (χ3n) is 5.68. The van der Waals surface area contributed by atoms with Crippen LogP contribution in [0.25, 0.3) is 10.6 Å². The van der Waals surface area contributed by atoms with E-state index in [4.69, 9.17) is 16.3 Å². The molecule has 1 fully saturated rings. The third kappa shape index (κ3) is 3.77. The van der Waals surface area contributed by atoms with Gasteiger partial charge in [0, 0.05) is 43.6 Å². The fourth-order valence-electron chi connectivity index (χ4n) is 4.11. The number of rotatable bonds is 4. The van der Waals surface area contributed by atoms with Crippen LogP contribution in [-0.2, 0) is 11.3 Å². The Morgan fingerprint density at radius 2 is 2.15 bits per heavy atom. The van der Waals surface area contributed by atoms with E-state index in [2.05, 4.69) is 9.88 Å². The van der Waals surface area contributed by atoms with Crippen LogP contribution >= 0.6 is 11.6 Å². The Balaban J connectivity index is 1.51. The Bertz CT molecular complexity index is 803. The minimum atomic E-state index is -2.55. The highest BCUT2D eigenvalue weighted by atomic mass is 35.5. The summed E-state index contributed by atoms with van der Waals surface area (Å²) >= 11 is 6.42. The molecule has 0 spiro atoms. The summed E-state index contributed by atoms with van der Waals surface area (Å²) in [6.07, 6.45) is 6.00. The minimum Gasteiger partial charge on any atom is -0.500 e. The van der Waals surface area contributed by atoms with E-state index in [0.717, 1.165) is 36.3 Å². The number of fused-ring (bicyclic) bond motifs is 1. The topological polar surface area (TPSA) is 43.3 Å². The first-order valence-corrected chi connectivity index (χ1v) is 9.89. The van der Waals surface area contributed by atoms with Crippen LogP contribution in [0.15, 0.2) is 18.4 Å². The van der Waals surface area contributed by atoms with Crippen LogP contribution in [0.5, 0.6) is 0 Å².